The molecule has 15 heteroatoms. The standard InChI is InChI=1S/C39H45N9O6/c49-17-15-32(51)44-30-19-31(35(53)34(30)52)48-23-42-33-36(40-21-29(25-9-3-1-4-10-25)26-11-5-2-6-12-26)45-38(46-37(33)48)47-16-14-27(22-47)43-39(54)41-20-24-8-7-13-28(50)18-24/h1-13,18,23,27,29-31,34-35,49-50,52-53H,14-17,19-22H2,(H,44,51)(H,40,45,46)(H2,41,43,54)/t27-,30+,31?,34-,35?/m1/s1. The van der Waals surface area contributed by atoms with Crippen molar-refractivity contribution < 1.29 is 30.0 Å². The number of phenolic OH excluding ortho intramolecular Hbond substituents is 1. The van der Waals surface area contributed by atoms with Gasteiger partial charge in [0.2, 0.25) is 11.9 Å². The number of hydrogen-bond acceptors (Lipinski definition) is 11. The molecule has 2 aromatic heterocycles. The monoisotopic (exact) mass is 735 g/mol. The fourth-order valence-electron chi connectivity index (χ4n) is 7.36. The van der Waals surface area contributed by atoms with Crippen LogP contribution in [0.1, 0.15) is 47.9 Å². The van der Waals surface area contributed by atoms with E-state index in [9.17, 15) is 30.0 Å². The van der Waals surface area contributed by atoms with Gasteiger partial charge < -0.3 is 51.2 Å². The number of carbonyl (C=O) groups is 2. The summed E-state index contributed by atoms with van der Waals surface area (Å²) in [6.07, 6.45) is -0.141. The van der Waals surface area contributed by atoms with Crippen LogP contribution in [0, 0.1) is 0 Å². The van der Waals surface area contributed by atoms with Gasteiger partial charge in [0.05, 0.1) is 25.0 Å². The molecule has 2 aliphatic rings. The van der Waals surface area contributed by atoms with Gasteiger partial charge in [-0.3, -0.25) is 4.79 Å². The van der Waals surface area contributed by atoms with E-state index in [1.165, 1.54) is 0 Å². The van der Waals surface area contributed by atoms with Crippen LogP contribution in [0.5, 0.6) is 5.75 Å². The van der Waals surface area contributed by atoms with Crippen LogP contribution in [0.2, 0.25) is 0 Å². The molecule has 8 N–H and O–H groups in total. The van der Waals surface area contributed by atoms with Crippen molar-refractivity contribution in [3.63, 3.8) is 0 Å². The van der Waals surface area contributed by atoms with E-state index in [2.05, 4.69) is 45.5 Å². The molecule has 1 aliphatic carbocycles. The van der Waals surface area contributed by atoms with Crippen molar-refractivity contribution in [2.45, 2.75) is 62.1 Å². The number of benzene rings is 3. The lowest BCUT2D eigenvalue weighted by molar-refractivity contribution is -0.123. The van der Waals surface area contributed by atoms with Crippen molar-refractivity contribution in [2.24, 2.45) is 0 Å². The van der Waals surface area contributed by atoms with E-state index in [0.717, 1.165) is 16.7 Å². The molecular weight excluding hydrogens is 690 g/mol. The highest BCUT2D eigenvalue weighted by atomic mass is 16.3. The minimum atomic E-state index is -1.24. The molecule has 7 rings (SSSR count). The van der Waals surface area contributed by atoms with Gasteiger partial charge in [-0.15, -0.1) is 0 Å². The molecule has 0 bridgehead atoms. The molecule has 5 atom stereocenters. The predicted molar refractivity (Wildman–Crippen MR) is 202 cm³/mol. The number of hydrogen-bond donors (Lipinski definition) is 8. The third-order valence-corrected chi connectivity index (χ3v) is 10.2. The Hall–Kier alpha value is -5.77. The largest absolute Gasteiger partial charge is 0.508 e. The predicted octanol–water partition coefficient (Wildman–Crippen LogP) is 2.39. The average molecular weight is 736 g/mol. The van der Waals surface area contributed by atoms with Crippen LogP contribution in [0.4, 0.5) is 16.6 Å². The maximum absolute atomic E-state index is 12.8. The molecule has 1 aliphatic heterocycles. The van der Waals surface area contributed by atoms with Crippen LogP contribution in [0.25, 0.3) is 11.2 Å². The Labute approximate surface area is 312 Å². The summed E-state index contributed by atoms with van der Waals surface area (Å²) in [6, 6.07) is 25.2. The number of nitrogens with one attached hydrogen (secondary N) is 4. The number of urea groups is 1. The fraction of sp³-hybridized carbons (Fsp3) is 0.359. The summed E-state index contributed by atoms with van der Waals surface area (Å²) in [6.45, 7) is 1.43. The maximum atomic E-state index is 12.8. The third kappa shape index (κ3) is 8.23. The molecule has 1 saturated carbocycles. The van der Waals surface area contributed by atoms with Crippen molar-refractivity contribution in [3.05, 3.63) is 108 Å². The molecule has 15 nitrogen and oxygen atoms in total. The van der Waals surface area contributed by atoms with Crippen molar-refractivity contribution in [3.8, 4) is 5.75 Å². The van der Waals surface area contributed by atoms with Crippen LogP contribution in [0.15, 0.2) is 91.3 Å². The Morgan fingerprint density at radius 1 is 0.907 bits per heavy atom. The van der Waals surface area contributed by atoms with E-state index in [-0.39, 0.29) is 49.7 Å². The van der Waals surface area contributed by atoms with E-state index in [1.807, 2.05) is 47.4 Å². The number of aromatic hydroxyl groups is 1. The highest BCUT2D eigenvalue weighted by Crippen LogP contribution is 2.35. The summed E-state index contributed by atoms with van der Waals surface area (Å²) in [5.74, 6) is 0.598. The third-order valence-electron chi connectivity index (χ3n) is 10.2. The normalized spacial score (nSPS) is 21.0. The first-order valence-corrected chi connectivity index (χ1v) is 18.2. The lowest BCUT2D eigenvalue weighted by atomic mass is 9.91. The molecule has 54 heavy (non-hydrogen) atoms. The van der Waals surface area contributed by atoms with E-state index in [4.69, 9.17) is 15.0 Å². The van der Waals surface area contributed by atoms with Gasteiger partial charge in [-0.25, -0.2) is 9.78 Å². The minimum absolute atomic E-state index is 0.0169. The van der Waals surface area contributed by atoms with E-state index >= 15 is 0 Å². The molecule has 2 unspecified atom stereocenters. The zero-order valence-electron chi connectivity index (χ0n) is 29.6. The highest BCUT2D eigenvalue weighted by molar-refractivity contribution is 5.85. The maximum Gasteiger partial charge on any atom is 0.315 e. The molecular formula is C39H45N9O6. The van der Waals surface area contributed by atoms with Crippen LogP contribution in [-0.4, -0.2) is 102 Å². The number of imidazole rings is 1. The molecule has 0 radical (unpaired) electrons. The first-order chi connectivity index (χ1) is 26.3. The second-order valence-corrected chi connectivity index (χ2v) is 13.8. The summed E-state index contributed by atoms with van der Waals surface area (Å²) < 4.78 is 1.73. The number of carbonyl (C=O) groups excluding carboxylic acids is 2. The van der Waals surface area contributed by atoms with Gasteiger partial charge in [0.1, 0.15) is 18.0 Å². The number of nitrogens with zero attached hydrogens (tertiary/aromatic N) is 5. The molecule has 3 heterocycles. The second-order valence-electron chi connectivity index (χ2n) is 13.8. The van der Waals surface area contributed by atoms with E-state index < -0.39 is 30.2 Å². The topological polar surface area (TPSA) is 210 Å². The van der Waals surface area contributed by atoms with Crippen molar-refractivity contribution >= 4 is 34.9 Å². The number of fused-ring (bicyclic) bond motifs is 1. The summed E-state index contributed by atoms with van der Waals surface area (Å²) in [5, 5.41) is 53.2. The number of aromatic nitrogens is 4. The van der Waals surface area contributed by atoms with Crippen LogP contribution >= 0.6 is 0 Å². The van der Waals surface area contributed by atoms with Crippen LogP contribution in [-0.2, 0) is 11.3 Å². The summed E-state index contributed by atoms with van der Waals surface area (Å²) in [4.78, 5) is 41.7. The van der Waals surface area contributed by atoms with Crippen LogP contribution in [0.3, 0.4) is 0 Å². The molecule has 2 fully saturated rings. The molecule has 5 aromatic rings. The molecule has 0 spiro atoms. The molecule has 282 valence electrons. The average Bonchev–Trinajstić information content (AvgIpc) is 3.90. The van der Waals surface area contributed by atoms with Gasteiger partial charge in [0.15, 0.2) is 17.0 Å². The van der Waals surface area contributed by atoms with E-state index in [0.29, 0.717) is 49.0 Å². The second kappa shape index (κ2) is 16.5. The zero-order chi connectivity index (χ0) is 37.6. The number of aliphatic hydroxyl groups is 3. The molecule has 3 aromatic carbocycles. The van der Waals surface area contributed by atoms with Crippen molar-refractivity contribution in [1.82, 2.24) is 35.5 Å². The van der Waals surface area contributed by atoms with Gasteiger partial charge >= 0.3 is 6.03 Å². The lowest BCUT2D eigenvalue weighted by Gasteiger charge is -2.22. The SMILES string of the molecule is O=C(CCO)N[C@H]1CC(n2cnc3c(NCC(c4ccccc4)c4ccccc4)nc(N4CC[C@@H](NC(=O)NCc5cccc(O)c5)C4)nc32)C(O)[C@@H]1O. The quantitative estimate of drug-likeness (QED) is 0.0881. The smallest absolute Gasteiger partial charge is 0.315 e. The summed E-state index contributed by atoms with van der Waals surface area (Å²) in [7, 11) is 0. The Morgan fingerprint density at radius 3 is 2.35 bits per heavy atom. The van der Waals surface area contributed by atoms with Gasteiger partial charge in [-0.05, 0) is 41.7 Å². The number of aliphatic hydroxyl groups excluding tert-OH is 3. The number of phenols is 1. The highest BCUT2D eigenvalue weighted by Gasteiger charge is 2.44. The van der Waals surface area contributed by atoms with Crippen molar-refractivity contribution in [2.75, 3.05) is 36.5 Å². The number of amides is 3. The number of anilines is 2. The summed E-state index contributed by atoms with van der Waals surface area (Å²) >= 11 is 0. The minimum Gasteiger partial charge on any atom is -0.508 e. The van der Waals surface area contributed by atoms with Gasteiger partial charge in [-0.1, -0.05) is 72.8 Å². The number of rotatable bonds is 13. The summed E-state index contributed by atoms with van der Waals surface area (Å²) in [5.41, 5.74) is 3.95. The van der Waals surface area contributed by atoms with E-state index in [1.54, 1.807) is 29.1 Å². The van der Waals surface area contributed by atoms with Gasteiger partial charge in [0, 0.05) is 44.6 Å². The lowest BCUT2D eigenvalue weighted by Crippen LogP contribution is -2.43. The first kappa shape index (κ1) is 36.6. The first-order valence-electron chi connectivity index (χ1n) is 18.2. The Balaban J connectivity index is 1.15. The fourth-order valence-corrected chi connectivity index (χ4v) is 7.36. The molecule has 1 saturated heterocycles. The Bertz CT molecular complexity index is 2010. The van der Waals surface area contributed by atoms with Gasteiger partial charge in [0.25, 0.3) is 0 Å². The molecule has 3 amide bonds. The Morgan fingerprint density at radius 2 is 1.65 bits per heavy atom. The van der Waals surface area contributed by atoms with Crippen molar-refractivity contribution in [1.29, 1.82) is 0 Å². The van der Waals surface area contributed by atoms with Crippen LogP contribution < -0.4 is 26.2 Å². The Kier molecular flexibility index (Phi) is 11.2. The zero-order valence-corrected chi connectivity index (χ0v) is 29.6. The van der Waals surface area contributed by atoms with Gasteiger partial charge in [-0.2, -0.15) is 9.97 Å².